The van der Waals surface area contributed by atoms with Gasteiger partial charge in [-0.1, -0.05) is 54.8 Å². The number of hydrogen-bond acceptors (Lipinski definition) is 1. The lowest BCUT2D eigenvalue weighted by Gasteiger charge is -2.21. The van der Waals surface area contributed by atoms with Gasteiger partial charge in [0, 0.05) is 4.47 Å². The van der Waals surface area contributed by atoms with Crippen molar-refractivity contribution in [2.24, 2.45) is 5.92 Å². The van der Waals surface area contributed by atoms with Crippen molar-refractivity contribution in [2.75, 3.05) is 0 Å². The molecular formula is C14H21BrO. The minimum absolute atomic E-state index is 0.333. The molecule has 0 aromatic heterocycles. The second-order valence-electron chi connectivity index (χ2n) is 4.49. The van der Waals surface area contributed by atoms with Gasteiger partial charge in [0.25, 0.3) is 0 Å². The molecule has 0 aliphatic carbocycles. The molecule has 0 heterocycles. The zero-order valence-corrected chi connectivity index (χ0v) is 12.1. The lowest BCUT2D eigenvalue weighted by molar-refractivity contribution is 0.103. The summed E-state index contributed by atoms with van der Waals surface area (Å²) in [6.07, 6.45) is 1.71. The largest absolute Gasteiger partial charge is 0.388 e. The lowest BCUT2D eigenvalue weighted by atomic mass is 9.90. The molecule has 1 aromatic carbocycles. The Bertz CT molecular complexity index is 333. The lowest BCUT2D eigenvalue weighted by Crippen LogP contribution is -2.11. The molecule has 0 saturated carbocycles. The molecule has 0 amide bonds. The highest BCUT2D eigenvalue weighted by atomic mass is 79.9. The van der Waals surface area contributed by atoms with Gasteiger partial charge in [-0.15, -0.1) is 0 Å². The van der Waals surface area contributed by atoms with Crippen molar-refractivity contribution in [1.82, 2.24) is 0 Å². The molecule has 1 nitrogen and oxygen atoms in total. The number of hydrogen-bond donors (Lipinski definition) is 1. The third kappa shape index (κ3) is 2.86. The fourth-order valence-corrected chi connectivity index (χ4v) is 2.39. The zero-order valence-electron chi connectivity index (χ0n) is 10.5. The average molecular weight is 285 g/mol. The highest BCUT2D eigenvalue weighted by Crippen LogP contribution is 2.31. The van der Waals surface area contributed by atoms with E-state index >= 15 is 0 Å². The summed E-state index contributed by atoms with van der Waals surface area (Å²) < 4.78 is 1.15. The Morgan fingerprint density at radius 2 is 1.56 bits per heavy atom. The van der Waals surface area contributed by atoms with Crippen molar-refractivity contribution >= 4 is 15.9 Å². The molecule has 1 unspecified atom stereocenters. The van der Waals surface area contributed by atoms with Crippen molar-refractivity contribution in [1.29, 1.82) is 0 Å². The van der Waals surface area contributed by atoms with Crippen LogP contribution in [0.4, 0.5) is 0 Å². The van der Waals surface area contributed by atoms with Gasteiger partial charge in [-0.05, 0) is 36.5 Å². The molecule has 0 saturated heterocycles. The second-order valence-corrected chi connectivity index (χ2v) is 5.28. The smallest absolute Gasteiger partial charge is 0.0818 e. The Hall–Kier alpha value is -0.340. The zero-order chi connectivity index (χ0) is 12.3. The van der Waals surface area contributed by atoms with Gasteiger partial charge in [-0.25, -0.2) is 0 Å². The van der Waals surface area contributed by atoms with Crippen LogP contribution in [0.3, 0.4) is 0 Å². The first-order valence-corrected chi connectivity index (χ1v) is 6.75. The minimum Gasteiger partial charge on any atom is -0.388 e. The van der Waals surface area contributed by atoms with Gasteiger partial charge in [0.15, 0.2) is 0 Å². The summed E-state index contributed by atoms with van der Waals surface area (Å²) in [5.74, 6) is 0.361. The Kier molecular flexibility index (Phi) is 5.00. The van der Waals surface area contributed by atoms with Crippen LogP contribution in [-0.4, -0.2) is 5.11 Å². The quantitative estimate of drug-likeness (QED) is 0.861. The number of halogens is 1. The molecule has 90 valence electrons. The van der Waals surface area contributed by atoms with Gasteiger partial charge >= 0.3 is 0 Å². The first-order chi connectivity index (χ1) is 7.51. The predicted octanol–water partition coefficient (Wildman–Crippen LogP) is 4.54. The molecule has 0 bridgehead atoms. The van der Waals surface area contributed by atoms with Gasteiger partial charge in [0.05, 0.1) is 6.10 Å². The Morgan fingerprint density at radius 1 is 1.12 bits per heavy atom. The summed E-state index contributed by atoms with van der Waals surface area (Å²) in [7, 11) is 0. The van der Waals surface area contributed by atoms with E-state index in [0.717, 1.165) is 22.9 Å². The van der Waals surface area contributed by atoms with Crippen LogP contribution in [0.2, 0.25) is 0 Å². The summed E-state index contributed by atoms with van der Waals surface area (Å²) in [6.45, 7) is 8.41. The molecule has 0 spiro atoms. The summed E-state index contributed by atoms with van der Waals surface area (Å²) in [5.41, 5.74) is 3.44. The van der Waals surface area contributed by atoms with Crippen molar-refractivity contribution in [2.45, 2.75) is 46.6 Å². The number of aliphatic hydroxyl groups excluding tert-OH is 1. The fourth-order valence-electron chi connectivity index (χ4n) is 2.16. The summed E-state index contributed by atoms with van der Waals surface area (Å²) in [5, 5.41) is 10.3. The summed E-state index contributed by atoms with van der Waals surface area (Å²) >= 11 is 3.55. The predicted molar refractivity (Wildman–Crippen MR) is 72.6 cm³/mol. The first kappa shape index (κ1) is 13.7. The maximum Gasteiger partial charge on any atom is 0.0818 e. The van der Waals surface area contributed by atoms with E-state index in [0.29, 0.717) is 5.92 Å². The van der Waals surface area contributed by atoms with E-state index < -0.39 is 0 Å². The van der Waals surface area contributed by atoms with Crippen molar-refractivity contribution < 1.29 is 5.11 Å². The van der Waals surface area contributed by atoms with Gasteiger partial charge in [-0.3, -0.25) is 0 Å². The van der Waals surface area contributed by atoms with Crippen LogP contribution < -0.4 is 0 Å². The molecule has 0 aliphatic rings. The molecule has 2 heteroatoms. The molecule has 1 aromatic rings. The van der Waals surface area contributed by atoms with Crippen LogP contribution in [0.15, 0.2) is 16.6 Å². The van der Waals surface area contributed by atoms with Crippen molar-refractivity contribution in [3.05, 3.63) is 33.3 Å². The van der Waals surface area contributed by atoms with E-state index in [2.05, 4.69) is 55.8 Å². The number of benzene rings is 1. The van der Waals surface area contributed by atoms with E-state index in [1.54, 1.807) is 0 Å². The van der Waals surface area contributed by atoms with Crippen molar-refractivity contribution in [3.8, 4) is 0 Å². The van der Waals surface area contributed by atoms with Gasteiger partial charge in [0.1, 0.15) is 0 Å². The molecule has 1 rings (SSSR count). The molecule has 16 heavy (non-hydrogen) atoms. The maximum absolute atomic E-state index is 10.3. The summed E-state index contributed by atoms with van der Waals surface area (Å²) in [4.78, 5) is 0. The monoisotopic (exact) mass is 284 g/mol. The molecule has 1 atom stereocenters. The van der Waals surface area contributed by atoms with Crippen LogP contribution in [0.25, 0.3) is 0 Å². The van der Waals surface area contributed by atoms with Gasteiger partial charge in [-0.2, -0.15) is 0 Å². The van der Waals surface area contributed by atoms with E-state index in [-0.39, 0.29) is 6.10 Å². The van der Waals surface area contributed by atoms with Gasteiger partial charge in [0.2, 0.25) is 0 Å². The third-order valence-electron chi connectivity index (χ3n) is 3.30. The molecular weight excluding hydrogens is 264 g/mol. The Balaban J connectivity index is 3.04. The third-order valence-corrected chi connectivity index (χ3v) is 4.55. The molecule has 0 radical (unpaired) electrons. The fraction of sp³-hybridized carbons (Fsp3) is 0.571. The SMILES string of the molecule is CCC(CC)C(O)c1cc(C)c(Br)c(C)c1. The van der Waals surface area contributed by atoms with E-state index in [9.17, 15) is 5.11 Å². The van der Waals surface area contributed by atoms with E-state index in [1.807, 2.05) is 0 Å². The van der Waals surface area contributed by atoms with E-state index in [4.69, 9.17) is 0 Å². The van der Waals surface area contributed by atoms with Crippen LogP contribution in [0.1, 0.15) is 49.5 Å². The highest BCUT2D eigenvalue weighted by Gasteiger charge is 2.18. The van der Waals surface area contributed by atoms with Gasteiger partial charge < -0.3 is 5.11 Å². The minimum atomic E-state index is -0.333. The average Bonchev–Trinajstić information content (AvgIpc) is 2.26. The Labute approximate surface area is 107 Å². The number of rotatable bonds is 4. The van der Waals surface area contributed by atoms with Crippen LogP contribution in [-0.2, 0) is 0 Å². The van der Waals surface area contributed by atoms with Crippen molar-refractivity contribution in [3.63, 3.8) is 0 Å². The molecule has 1 N–H and O–H groups in total. The number of aliphatic hydroxyl groups is 1. The first-order valence-electron chi connectivity index (χ1n) is 5.95. The topological polar surface area (TPSA) is 20.2 Å². The summed E-state index contributed by atoms with van der Waals surface area (Å²) in [6, 6.07) is 4.17. The van der Waals surface area contributed by atoms with Crippen LogP contribution in [0.5, 0.6) is 0 Å². The molecule has 0 fully saturated rings. The maximum atomic E-state index is 10.3. The van der Waals surface area contributed by atoms with Crippen LogP contribution in [0, 0.1) is 19.8 Å². The second kappa shape index (κ2) is 5.83. The normalized spacial score (nSPS) is 13.2. The standard InChI is InChI=1S/C14H21BrO/c1-5-11(6-2)14(16)12-7-9(3)13(15)10(4)8-12/h7-8,11,14,16H,5-6H2,1-4H3. The number of aryl methyl sites for hydroxylation is 2. The van der Waals surface area contributed by atoms with E-state index in [1.165, 1.54) is 11.1 Å². The highest BCUT2D eigenvalue weighted by molar-refractivity contribution is 9.10. The Morgan fingerprint density at radius 3 is 1.94 bits per heavy atom. The molecule has 0 aliphatic heterocycles. The van der Waals surface area contributed by atoms with Crippen LogP contribution >= 0.6 is 15.9 Å².